The van der Waals surface area contributed by atoms with Crippen LogP contribution in [0.4, 0.5) is 0 Å². The van der Waals surface area contributed by atoms with E-state index in [0.29, 0.717) is 6.54 Å². The summed E-state index contributed by atoms with van der Waals surface area (Å²) in [6, 6.07) is 25.2. The second-order valence-corrected chi connectivity index (χ2v) is 9.75. The minimum absolute atomic E-state index is 0.710. The number of fused-ring (bicyclic) bond motifs is 3. The van der Waals surface area contributed by atoms with Crippen molar-refractivity contribution in [2.45, 2.75) is 19.3 Å². The average molecular weight is 523 g/mol. The highest BCUT2D eigenvalue weighted by atomic mass is 14.9. The Labute approximate surface area is 231 Å². The van der Waals surface area contributed by atoms with E-state index in [0.717, 1.165) is 32.4 Å². The molecule has 6 N–H and O–H groups in total. The second-order valence-electron chi connectivity index (χ2n) is 9.75. The van der Waals surface area contributed by atoms with Crippen LogP contribution < -0.4 is 16.4 Å². The molecule has 3 aromatic carbocycles. The largest absolute Gasteiger partial charge is 0.361 e. The second kappa shape index (κ2) is 14.4. The molecule has 0 fully saturated rings. The van der Waals surface area contributed by atoms with Gasteiger partial charge in [0.05, 0.1) is 0 Å². The van der Waals surface area contributed by atoms with Gasteiger partial charge in [-0.1, -0.05) is 54.6 Å². The molecule has 0 spiro atoms. The normalized spacial score (nSPS) is 10.9. The number of likely N-dealkylation sites (N-methyl/N-ethyl adjacent to an activating group) is 2. The van der Waals surface area contributed by atoms with Gasteiger partial charge in [0.15, 0.2) is 0 Å². The Balaban J connectivity index is 0.000000136. The fraction of sp³-hybridized carbons (Fsp3) is 0.273. The van der Waals surface area contributed by atoms with Crippen molar-refractivity contribution in [1.29, 1.82) is 0 Å². The first-order valence-corrected chi connectivity index (χ1v) is 13.8. The van der Waals surface area contributed by atoms with Crippen LogP contribution in [0, 0.1) is 0 Å². The maximum atomic E-state index is 5.50. The molecule has 0 amide bonds. The molecule has 0 saturated heterocycles. The van der Waals surface area contributed by atoms with Crippen LogP contribution in [0.2, 0.25) is 0 Å². The van der Waals surface area contributed by atoms with Gasteiger partial charge in [0, 0.05) is 58.3 Å². The van der Waals surface area contributed by atoms with Crippen molar-refractivity contribution in [2.75, 3.05) is 33.7 Å². The van der Waals surface area contributed by atoms with E-state index in [1.807, 2.05) is 26.4 Å². The molecule has 0 bridgehead atoms. The summed E-state index contributed by atoms with van der Waals surface area (Å²) < 4.78 is 2.19. The van der Waals surface area contributed by atoms with Crippen LogP contribution in [0.3, 0.4) is 0 Å². The van der Waals surface area contributed by atoms with E-state index >= 15 is 0 Å². The van der Waals surface area contributed by atoms with E-state index in [2.05, 4.69) is 111 Å². The number of H-pyrrole nitrogens is 2. The Morgan fingerprint density at radius 2 is 1.13 bits per heavy atom. The first kappa shape index (κ1) is 28.2. The zero-order valence-corrected chi connectivity index (χ0v) is 23.4. The van der Waals surface area contributed by atoms with E-state index in [4.69, 9.17) is 5.73 Å². The molecule has 6 aromatic rings. The fourth-order valence-electron chi connectivity index (χ4n) is 4.98. The minimum Gasteiger partial charge on any atom is -0.361 e. The summed E-state index contributed by atoms with van der Waals surface area (Å²) in [5.74, 6) is 0. The van der Waals surface area contributed by atoms with Crippen LogP contribution in [0.5, 0.6) is 0 Å². The minimum atomic E-state index is 0.710. The maximum absolute atomic E-state index is 5.50. The van der Waals surface area contributed by atoms with Crippen molar-refractivity contribution in [2.24, 2.45) is 12.8 Å². The monoisotopic (exact) mass is 522 g/mol. The summed E-state index contributed by atoms with van der Waals surface area (Å²) >= 11 is 0. The van der Waals surface area contributed by atoms with Crippen molar-refractivity contribution in [3.8, 4) is 0 Å². The number of para-hydroxylation sites is 3. The average Bonchev–Trinajstić information content (AvgIpc) is 3.68. The SMILES string of the molecule is CNCCc1c[nH]c2ccccc12.CNCCc1cn(C)c2ccccc12.NCCc1c[nH]c2ccccc12. The summed E-state index contributed by atoms with van der Waals surface area (Å²) in [7, 11) is 6.07. The third-order valence-corrected chi connectivity index (χ3v) is 7.03. The van der Waals surface area contributed by atoms with Crippen molar-refractivity contribution in [1.82, 2.24) is 25.2 Å². The molecule has 6 rings (SSSR count). The van der Waals surface area contributed by atoms with Gasteiger partial charge in [0.2, 0.25) is 0 Å². The third-order valence-electron chi connectivity index (χ3n) is 7.03. The molecule has 204 valence electrons. The van der Waals surface area contributed by atoms with Gasteiger partial charge in [-0.2, -0.15) is 0 Å². The highest BCUT2D eigenvalue weighted by Crippen LogP contribution is 2.20. The zero-order valence-electron chi connectivity index (χ0n) is 23.4. The van der Waals surface area contributed by atoms with Crippen molar-refractivity contribution in [3.05, 3.63) is 108 Å². The Hall–Kier alpha value is -3.84. The molecular weight excluding hydrogens is 480 g/mol. The number of aromatic nitrogens is 3. The molecule has 0 unspecified atom stereocenters. The lowest BCUT2D eigenvalue weighted by Gasteiger charge is -1.97. The van der Waals surface area contributed by atoms with Crippen LogP contribution in [0.25, 0.3) is 32.7 Å². The summed E-state index contributed by atoms with van der Waals surface area (Å²) in [5, 5.41) is 10.4. The van der Waals surface area contributed by atoms with Crippen LogP contribution in [-0.4, -0.2) is 48.3 Å². The first-order chi connectivity index (χ1) is 19.2. The van der Waals surface area contributed by atoms with Crippen LogP contribution in [0.15, 0.2) is 91.4 Å². The molecule has 0 aliphatic heterocycles. The van der Waals surface area contributed by atoms with E-state index in [9.17, 15) is 0 Å². The number of benzene rings is 3. The van der Waals surface area contributed by atoms with Gasteiger partial charge in [-0.25, -0.2) is 0 Å². The van der Waals surface area contributed by atoms with Gasteiger partial charge >= 0.3 is 0 Å². The van der Waals surface area contributed by atoms with E-state index in [1.54, 1.807) is 0 Å². The van der Waals surface area contributed by atoms with Gasteiger partial charge in [-0.15, -0.1) is 0 Å². The van der Waals surface area contributed by atoms with Gasteiger partial charge in [0.1, 0.15) is 0 Å². The Morgan fingerprint density at radius 3 is 1.69 bits per heavy atom. The summed E-state index contributed by atoms with van der Waals surface area (Å²) in [4.78, 5) is 6.49. The molecule has 3 aromatic heterocycles. The van der Waals surface area contributed by atoms with Crippen molar-refractivity contribution < 1.29 is 0 Å². The lowest BCUT2D eigenvalue weighted by molar-refractivity contribution is 0.791. The summed E-state index contributed by atoms with van der Waals surface area (Å²) in [6.45, 7) is 2.78. The van der Waals surface area contributed by atoms with Crippen LogP contribution in [0.1, 0.15) is 16.7 Å². The zero-order chi connectivity index (χ0) is 27.5. The molecule has 0 saturated carbocycles. The maximum Gasteiger partial charge on any atom is 0.0480 e. The molecule has 0 radical (unpaired) electrons. The number of aryl methyl sites for hydroxylation is 1. The topological polar surface area (TPSA) is 86.6 Å². The van der Waals surface area contributed by atoms with Gasteiger partial charge in [0.25, 0.3) is 0 Å². The highest BCUT2D eigenvalue weighted by Gasteiger charge is 2.04. The predicted octanol–water partition coefficient (Wildman–Crippen LogP) is 5.54. The lowest BCUT2D eigenvalue weighted by atomic mass is 10.1. The predicted molar refractivity (Wildman–Crippen MR) is 168 cm³/mol. The lowest BCUT2D eigenvalue weighted by Crippen LogP contribution is -2.09. The number of nitrogens with zero attached hydrogens (tertiary/aromatic N) is 1. The Kier molecular flexibility index (Phi) is 10.4. The number of rotatable bonds is 8. The highest BCUT2D eigenvalue weighted by molar-refractivity contribution is 5.84. The Morgan fingerprint density at radius 1 is 0.641 bits per heavy atom. The molecule has 0 atom stereocenters. The fourth-order valence-corrected chi connectivity index (χ4v) is 4.98. The van der Waals surface area contributed by atoms with Gasteiger partial charge < -0.3 is 30.9 Å². The molecule has 0 aliphatic rings. The van der Waals surface area contributed by atoms with E-state index in [1.165, 1.54) is 49.4 Å². The number of aromatic amines is 2. The van der Waals surface area contributed by atoms with Crippen molar-refractivity contribution >= 4 is 32.7 Å². The molecule has 6 nitrogen and oxygen atoms in total. The molecule has 6 heteroatoms. The van der Waals surface area contributed by atoms with Gasteiger partial charge in [-0.05, 0) is 87.9 Å². The summed E-state index contributed by atoms with van der Waals surface area (Å²) in [5.41, 5.74) is 13.4. The molecule has 39 heavy (non-hydrogen) atoms. The first-order valence-electron chi connectivity index (χ1n) is 13.8. The Bertz CT molecular complexity index is 1570. The number of nitrogens with two attached hydrogens (primary N) is 1. The van der Waals surface area contributed by atoms with Crippen molar-refractivity contribution in [3.63, 3.8) is 0 Å². The van der Waals surface area contributed by atoms with Gasteiger partial charge in [-0.3, -0.25) is 0 Å². The van der Waals surface area contributed by atoms with E-state index < -0.39 is 0 Å². The molecule has 3 heterocycles. The molecule has 0 aliphatic carbocycles. The molecular formula is C33H42N6. The summed E-state index contributed by atoms with van der Waals surface area (Å²) in [6.07, 6.45) is 9.49. The standard InChI is InChI=1S/C12H16N2.C11H14N2.C10H12N2/c1-13-8-7-10-9-14(2)12-6-4-3-5-11(10)12;1-12-7-6-9-8-13-11-5-3-2-4-10(9)11;11-6-5-8-7-12-10-4-2-1-3-9(8)10/h3-6,9,13H,7-8H2,1-2H3;2-5,8,12-13H,6-7H2,1H3;1-4,7,12H,5-6,11H2. The number of nitrogens with one attached hydrogen (secondary N) is 4. The smallest absolute Gasteiger partial charge is 0.0480 e. The third kappa shape index (κ3) is 7.18. The van der Waals surface area contributed by atoms with E-state index in [-0.39, 0.29) is 0 Å². The number of hydrogen-bond donors (Lipinski definition) is 5. The van der Waals surface area contributed by atoms with Crippen LogP contribution >= 0.6 is 0 Å². The quantitative estimate of drug-likeness (QED) is 0.182. The van der Waals surface area contributed by atoms with Crippen LogP contribution in [-0.2, 0) is 26.3 Å². The number of hydrogen-bond acceptors (Lipinski definition) is 3.